The maximum Gasteiger partial charge on any atom is 0.226 e. The minimum absolute atomic E-state index is 0.199. The van der Waals surface area contributed by atoms with Crippen molar-refractivity contribution in [3.05, 3.63) is 47.2 Å². The van der Waals surface area contributed by atoms with Gasteiger partial charge in [0.05, 0.1) is 0 Å². The highest BCUT2D eigenvalue weighted by Gasteiger charge is 2.23. The molecule has 0 aliphatic carbocycles. The lowest BCUT2D eigenvalue weighted by atomic mass is 10.0. The number of aromatic nitrogens is 3. The van der Waals surface area contributed by atoms with Gasteiger partial charge in [0.25, 0.3) is 0 Å². The van der Waals surface area contributed by atoms with Crippen molar-refractivity contribution in [1.82, 2.24) is 20.0 Å². The molecular weight excluding hydrogens is 328 g/mol. The smallest absolute Gasteiger partial charge is 0.226 e. The molecule has 1 aromatic carbocycles. The summed E-state index contributed by atoms with van der Waals surface area (Å²) in [7, 11) is 0. The number of benzene rings is 1. The maximum atomic E-state index is 12.6. The molecule has 0 unspecified atom stereocenters. The Bertz CT molecular complexity index is 925. The van der Waals surface area contributed by atoms with Gasteiger partial charge < -0.3 is 14.4 Å². The molecule has 136 valence electrons. The Labute approximate surface area is 152 Å². The molecule has 6 heteroatoms. The summed E-state index contributed by atoms with van der Waals surface area (Å²) >= 11 is 0. The number of rotatable bonds is 5. The first-order chi connectivity index (χ1) is 12.6. The number of aryl methyl sites for hydroxylation is 1. The zero-order chi connectivity index (χ0) is 18.1. The second-order valence-corrected chi connectivity index (χ2v) is 7.25. The number of para-hydroxylation sites is 1. The van der Waals surface area contributed by atoms with E-state index in [0.717, 1.165) is 30.7 Å². The molecule has 26 heavy (non-hydrogen) atoms. The number of H-pyrrole nitrogens is 1. The molecule has 0 radical (unpaired) electrons. The van der Waals surface area contributed by atoms with Crippen LogP contribution in [0.15, 0.2) is 28.8 Å². The third-order valence-electron chi connectivity index (χ3n) is 5.02. The number of amides is 1. The fourth-order valence-corrected chi connectivity index (χ4v) is 3.53. The third-order valence-corrected chi connectivity index (χ3v) is 5.02. The van der Waals surface area contributed by atoms with E-state index in [-0.39, 0.29) is 11.8 Å². The van der Waals surface area contributed by atoms with Crippen molar-refractivity contribution in [3.63, 3.8) is 0 Å². The average molecular weight is 352 g/mol. The predicted molar refractivity (Wildman–Crippen MR) is 98.7 cm³/mol. The number of nitrogens with zero attached hydrogens (tertiary/aromatic N) is 3. The Balaban J connectivity index is 1.35. The first-order valence-corrected chi connectivity index (χ1v) is 9.30. The van der Waals surface area contributed by atoms with Crippen molar-refractivity contribution in [3.8, 4) is 0 Å². The van der Waals surface area contributed by atoms with Gasteiger partial charge in [-0.15, -0.1) is 0 Å². The Morgan fingerprint density at radius 1 is 1.35 bits per heavy atom. The molecule has 0 atom stereocenters. The summed E-state index contributed by atoms with van der Waals surface area (Å²) in [6, 6.07) is 8.30. The number of nitrogens with one attached hydrogen (secondary N) is 1. The lowest BCUT2D eigenvalue weighted by Gasteiger charge is -2.27. The van der Waals surface area contributed by atoms with Crippen LogP contribution in [-0.4, -0.2) is 32.5 Å². The summed E-state index contributed by atoms with van der Waals surface area (Å²) < 4.78 is 5.25. The van der Waals surface area contributed by atoms with Crippen LogP contribution in [0.2, 0.25) is 0 Å². The third kappa shape index (κ3) is 3.23. The molecule has 1 N–H and O–H groups in total. The lowest BCUT2D eigenvalue weighted by molar-refractivity contribution is -0.132. The van der Waals surface area contributed by atoms with Crippen molar-refractivity contribution in [2.75, 3.05) is 6.54 Å². The Hall–Kier alpha value is -2.63. The van der Waals surface area contributed by atoms with Crippen molar-refractivity contribution in [2.45, 2.75) is 52.0 Å². The van der Waals surface area contributed by atoms with Crippen LogP contribution in [0.3, 0.4) is 0 Å². The molecule has 0 fully saturated rings. The van der Waals surface area contributed by atoms with Gasteiger partial charge in [0.2, 0.25) is 11.8 Å². The van der Waals surface area contributed by atoms with Crippen LogP contribution in [0.25, 0.3) is 10.9 Å². The summed E-state index contributed by atoms with van der Waals surface area (Å²) in [4.78, 5) is 22.4. The van der Waals surface area contributed by atoms with E-state index in [9.17, 15) is 4.79 Å². The van der Waals surface area contributed by atoms with E-state index in [2.05, 4.69) is 27.3 Å². The number of carbonyl (C=O) groups excluding carboxylic acids is 1. The monoisotopic (exact) mass is 352 g/mol. The van der Waals surface area contributed by atoms with Gasteiger partial charge in [0, 0.05) is 60.4 Å². The lowest BCUT2D eigenvalue weighted by Crippen LogP contribution is -2.35. The highest BCUT2D eigenvalue weighted by Crippen LogP contribution is 2.28. The number of aromatic amines is 1. The Morgan fingerprint density at radius 3 is 3.00 bits per heavy atom. The van der Waals surface area contributed by atoms with Gasteiger partial charge in [0.1, 0.15) is 0 Å². The highest BCUT2D eigenvalue weighted by atomic mass is 16.5. The number of hydrogen-bond donors (Lipinski definition) is 1. The quantitative estimate of drug-likeness (QED) is 0.761. The molecule has 2 aromatic heterocycles. The summed E-state index contributed by atoms with van der Waals surface area (Å²) in [6.45, 7) is 5.54. The zero-order valence-corrected chi connectivity index (χ0v) is 15.3. The number of fused-ring (bicyclic) bond motifs is 3. The van der Waals surface area contributed by atoms with Gasteiger partial charge in [-0.05, 0) is 12.5 Å². The zero-order valence-electron chi connectivity index (χ0n) is 15.3. The van der Waals surface area contributed by atoms with Gasteiger partial charge in [0.15, 0.2) is 5.82 Å². The molecule has 0 saturated carbocycles. The van der Waals surface area contributed by atoms with Crippen molar-refractivity contribution in [2.24, 2.45) is 0 Å². The van der Waals surface area contributed by atoms with E-state index >= 15 is 0 Å². The minimum atomic E-state index is 0.199. The molecule has 0 spiro atoms. The van der Waals surface area contributed by atoms with E-state index in [1.807, 2.05) is 30.9 Å². The van der Waals surface area contributed by atoms with Crippen LogP contribution in [0.5, 0.6) is 0 Å². The molecule has 0 bridgehead atoms. The van der Waals surface area contributed by atoms with Crippen molar-refractivity contribution < 1.29 is 9.32 Å². The molecule has 1 aliphatic heterocycles. The molecule has 3 heterocycles. The average Bonchev–Trinajstić information content (AvgIpc) is 3.25. The molecule has 1 amide bonds. The van der Waals surface area contributed by atoms with Crippen molar-refractivity contribution >= 4 is 16.8 Å². The van der Waals surface area contributed by atoms with Gasteiger partial charge in [-0.3, -0.25) is 4.79 Å². The van der Waals surface area contributed by atoms with Gasteiger partial charge in [-0.1, -0.05) is 37.2 Å². The van der Waals surface area contributed by atoms with Gasteiger partial charge >= 0.3 is 0 Å². The van der Waals surface area contributed by atoms with Crippen LogP contribution < -0.4 is 0 Å². The van der Waals surface area contributed by atoms with E-state index < -0.39 is 0 Å². The maximum absolute atomic E-state index is 12.6. The Kier molecular flexibility index (Phi) is 4.49. The second-order valence-electron chi connectivity index (χ2n) is 7.25. The standard InChI is InChI=1S/C20H24N4O2/c1-13(2)20-22-18(26-23-20)8-5-9-19(25)24-11-10-17-15(12-24)14-6-3-4-7-16(14)21-17/h3-4,6-7,13,21H,5,8-12H2,1-2H3. The molecule has 6 nitrogen and oxygen atoms in total. The topological polar surface area (TPSA) is 75.0 Å². The largest absolute Gasteiger partial charge is 0.358 e. The molecule has 1 aliphatic rings. The number of carbonyl (C=O) groups is 1. The van der Waals surface area contributed by atoms with Crippen LogP contribution in [0.1, 0.15) is 55.6 Å². The highest BCUT2D eigenvalue weighted by molar-refractivity contribution is 5.86. The summed E-state index contributed by atoms with van der Waals surface area (Å²) in [5, 5.41) is 5.20. The van der Waals surface area contributed by atoms with E-state index in [4.69, 9.17) is 4.52 Å². The first kappa shape index (κ1) is 16.8. The fraction of sp³-hybridized carbons (Fsp3) is 0.450. The van der Waals surface area contributed by atoms with Crippen molar-refractivity contribution in [1.29, 1.82) is 0 Å². The fourth-order valence-electron chi connectivity index (χ4n) is 3.53. The summed E-state index contributed by atoms with van der Waals surface area (Å²) in [6.07, 6.45) is 2.78. The SMILES string of the molecule is CC(C)c1noc(CCCC(=O)N2CCc3[nH]c4ccccc4c3C2)n1. The van der Waals surface area contributed by atoms with E-state index in [0.29, 0.717) is 25.3 Å². The van der Waals surface area contributed by atoms with Crippen LogP contribution >= 0.6 is 0 Å². The minimum Gasteiger partial charge on any atom is -0.358 e. The molecular formula is C20H24N4O2. The summed E-state index contributed by atoms with van der Waals surface area (Å²) in [5.41, 5.74) is 3.69. The van der Waals surface area contributed by atoms with Gasteiger partial charge in [-0.2, -0.15) is 4.98 Å². The molecule has 3 aromatic rings. The summed E-state index contributed by atoms with van der Waals surface area (Å²) in [5.74, 6) is 1.81. The normalized spacial score (nSPS) is 14.2. The first-order valence-electron chi connectivity index (χ1n) is 9.30. The second kappa shape index (κ2) is 6.94. The van der Waals surface area contributed by atoms with Crippen LogP contribution in [0, 0.1) is 0 Å². The van der Waals surface area contributed by atoms with Crippen LogP contribution in [-0.2, 0) is 24.2 Å². The predicted octanol–water partition coefficient (Wildman–Crippen LogP) is 3.58. The van der Waals surface area contributed by atoms with E-state index in [1.165, 1.54) is 16.6 Å². The molecule has 0 saturated heterocycles. The molecule has 4 rings (SSSR count). The van der Waals surface area contributed by atoms with Gasteiger partial charge in [-0.25, -0.2) is 0 Å². The number of hydrogen-bond acceptors (Lipinski definition) is 4. The van der Waals surface area contributed by atoms with E-state index in [1.54, 1.807) is 0 Å². The van der Waals surface area contributed by atoms with Crippen LogP contribution in [0.4, 0.5) is 0 Å². The Morgan fingerprint density at radius 2 is 2.19 bits per heavy atom.